The number of nitrogens with one attached hydrogen (secondary N) is 2. The molecular formula is C30H29N3O4S. The third-order valence-corrected chi connectivity index (χ3v) is 7.93. The third kappa shape index (κ3) is 6.27. The van der Waals surface area contributed by atoms with Gasteiger partial charge in [0.25, 0.3) is 21.8 Å². The first-order valence-electron chi connectivity index (χ1n) is 12.1. The lowest BCUT2D eigenvalue weighted by Crippen LogP contribution is -2.27. The Balaban J connectivity index is 1.42. The van der Waals surface area contributed by atoms with Gasteiger partial charge in [-0.1, -0.05) is 60.2 Å². The maximum Gasteiger partial charge on any atom is 0.264 e. The molecule has 0 saturated carbocycles. The lowest BCUT2D eigenvalue weighted by atomic mass is 10.1. The van der Waals surface area contributed by atoms with Crippen molar-refractivity contribution in [2.75, 3.05) is 23.2 Å². The highest BCUT2D eigenvalue weighted by Crippen LogP contribution is 2.23. The molecule has 0 aromatic heterocycles. The molecule has 0 aliphatic rings. The molecule has 38 heavy (non-hydrogen) atoms. The van der Waals surface area contributed by atoms with Crippen molar-refractivity contribution < 1.29 is 18.0 Å². The van der Waals surface area contributed by atoms with E-state index in [4.69, 9.17) is 0 Å². The van der Waals surface area contributed by atoms with E-state index in [9.17, 15) is 18.0 Å². The second-order valence-corrected chi connectivity index (χ2v) is 10.8. The number of hydrogen-bond acceptors (Lipinski definition) is 4. The Bertz CT molecular complexity index is 1520. The number of para-hydroxylation sites is 1. The minimum Gasteiger partial charge on any atom is -0.352 e. The van der Waals surface area contributed by atoms with E-state index in [1.165, 1.54) is 11.4 Å². The van der Waals surface area contributed by atoms with E-state index in [-0.39, 0.29) is 10.8 Å². The normalized spacial score (nSPS) is 11.0. The molecule has 0 saturated heterocycles. The number of benzene rings is 4. The molecule has 0 aliphatic heterocycles. The summed E-state index contributed by atoms with van der Waals surface area (Å²) in [5.41, 5.74) is 3.57. The first-order valence-corrected chi connectivity index (χ1v) is 13.6. The van der Waals surface area contributed by atoms with Gasteiger partial charge in [-0.15, -0.1) is 0 Å². The number of anilines is 2. The van der Waals surface area contributed by atoms with Gasteiger partial charge in [0.1, 0.15) is 0 Å². The van der Waals surface area contributed by atoms with Crippen LogP contribution in [0.15, 0.2) is 108 Å². The van der Waals surface area contributed by atoms with Gasteiger partial charge in [0.2, 0.25) is 0 Å². The van der Waals surface area contributed by atoms with E-state index in [1.807, 2.05) is 37.3 Å². The lowest BCUT2D eigenvalue weighted by Gasteiger charge is -2.20. The van der Waals surface area contributed by atoms with Crippen LogP contribution in [0.3, 0.4) is 0 Å². The molecule has 194 valence electrons. The van der Waals surface area contributed by atoms with Gasteiger partial charge in [-0.3, -0.25) is 13.9 Å². The van der Waals surface area contributed by atoms with Crippen LogP contribution in [0.25, 0.3) is 0 Å². The highest BCUT2D eigenvalue weighted by molar-refractivity contribution is 7.92. The summed E-state index contributed by atoms with van der Waals surface area (Å²) in [5.74, 6) is -0.694. The number of carbonyl (C=O) groups is 2. The molecule has 0 unspecified atom stereocenters. The molecule has 0 atom stereocenters. The number of sulfonamides is 1. The van der Waals surface area contributed by atoms with Gasteiger partial charge in [-0.25, -0.2) is 8.42 Å². The molecule has 4 rings (SSSR count). The zero-order valence-electron chi connectivity index (χ0n) is 21.2. The molecule has 0 aliphatic carbocycles. The smallest absolute Gasteiger partial charge is 0.264 e. The largest absolute Gasteiger partial charge is 0.352 e. The fraction of sp³-hybridized carbons (Fsp3) is 0.133. The Kier molecular flexibility index (Phi) is 8.23. The van der Waals surface area contributed by atoms with Crippen molar-refractivity contribution in [3.8, 4) is 0 Å². The van der Waals surface area contributed by atoms with Crippen molar-refractivity contribution in [2.45, 2.75) is 18.2 Å². The van der Waals surface area contributed by atoms with Crippen LogP contribution in [0.1, 0.15) is 31.8 Å². The number of nitrogens with zero attached hydrogens (tertiary/aromatic N) is 1. The van der Waals surface area contributed by atoms with Crippen LogP contribution in [-0.2, 0) is 16.4 Å². The van der Waals surface area contributed by atoms with Gasteiger partial charge in [-0.05, 0) is 67.4 Å². The Labute approximate surface area is 223 Å². The van der Waals surface area contributed by atoms with Gasteiger partial charge in [-0.2, -0.15) is 0 Å². The molecule has 2 N–H and O–H groups in total. The molecule has 2 amide bonds. The topological polar surface area (TPSA) is 95.6 Å². The monoisotopic (exact) mass is 527 g/mol. The van der Waals surface area contributed by atoms with Crippen molar-refractivity contribution in [1.82, 2.24) is 5.32 Å². The van der Waals surface area contributed by atoms with Gasteiger partial charge in [0, 0.05) is 19.2 Å². The van der Waals surface area contributed by atoms with Crippen molar-refractivity contribution >= 4 is 33.2 Å². The number of aryl methyl sites for hydroxylation is 1. The molecule has 0 fully saturated rings. The number of carbonyl (C=O) groups excluding carboxylic acids is 2. The highest BCUT2D eigenvalue weighted by Gasteiger charge is 2.21. The molecule has 0 radical (unpaired) electrons. The maximum absolute atomic E-state index is 13.0. The quantitative estimate of drug-likeness (QED) is 0.319. The number of rotatable bonds is 9. The van der Waals surface area contributed by atoms with Crippen LogP contribution < -0.4 is 14.9 Å². The molecule has 4 aromatic rings. The molecule has 8 heteroatoms. The van der Waals surface area contributed by atoms with Gasteiger partial charge < -0.3 is 10.6 Å². The SMILES string of the molecule is Cc1ccc(S(=O)(=O)N(C)c2ccc(C(=O)Nc3ccccc3C(=O)NCCc3ccccc3)cc2)cc1. The summed E-state index contributed by atoms with van der Waals surface area (Å²) < 4.78 is 27.1. The van der Waals surface area contributed by atoms with E-state index in [1.54, 1.807) is 72.8 Å². The zero-order chi connectivity index (χ0) is 27.1. The predicted molar refractivity (Wildman–Crippen MR) is 150 cm³/mol. The summed E-state index contributed by atoms with van der Waals surface area (Å²) in [6.45, 7) is 2.35. The lowest BCUT2D eigenvalue weighted by molar-refractivity contribution is 0.0955. The fourth-order valence-corrected chi connectivity index (χ4v) is 5.07. The third-order valence-electron chi connectivity index (χ3n) is 6.13. The van der Waals surface area contributed by atoms with Crippen molar-refractivity contribution in [2.24, 2.45) is 0 Å². The minimum absolute atomic E-state index is 0.186. The molecule has 0 spiro atoms. The second-order valence-electron chi connectivity index (χ2n) is 8.82. The number of hydrogen-bond donors (Lipinski definition) is 2. The average Bonchev–Trinajstić information content (AvgIpc) is 2.93. The van der Waals surface area contributed by atoms with Gasteiger partial charge in [0.15, 0.2) is 0 Å². The second kappa shape index (κ2) is 11.7. The van der Waals surface area contributed by atoms with Gasteiger partial charge >= 0.3 is 0 Å². The van der Waals surface area contributed by atoms with E-state index in [0.717, 1.165) is 11.1 Å². The van der Waals surface area contributed by atoms with Crippen molar-refractivity contribution in [1.29, 1.82) is 0 Å². The van der Waals surface area contributed by atoms with Crippen LogP contribution in [0.4, 0.5) is 11.4 Å². The molecule has 0 bridgehead atoms. The van der Waals surface area contributed by atoms with E-state index in [2.05, 4.69) is 10.6 Å². The average molecular weight is 528 g/mol. The summed E-state index contributed by atoms with van der Waals surface area (Å²) in [4.78, 5) is 25.9. The Hall–Kier alpha value is -4.43. The van der Waals surface area contributed by atoms with E-state index < -0.39 is 15.9 Å². The maximum atomic E-state index is 13.0. The Morgan fingerprint density at radius 2 is 1.39 bits per heavy atom. The zero-order valence-corrected chi connectivity index (χ0v) is 22.0. The molecule has 0 heterocycles. The summed E-state index contributed by atoms with van der Waals surface area (Å²) >= 11 is 0. The standard InChI is InChI=1S/C30H29N3O4S/c1-22-12-18-26(19-13-22)38(36,37)33(2)25-16-14-24(15-17-25)29(34)32-28-11-7-6-10-27(28)30(35)31-21-20-23-8-4-3-5-9-23/h3-19H,20-21H2,1-2H3,(H,31,35)(H,32,34). The molecule has 7 nitrogen and oxygen atoms in total. The summed E-state index contributed by atoms with van der Waals surface area (Å²) in [5, 5.41) is 5.69. The summed E-state index contributed by atoms with van der Waals surface area (Å²) in [6.07, 6.45) is 0.696. The first-order chi connectivity index (χ1) is 18.3. The van der Waals surface area contributed by atoms with Crippen LogP contribution >= 0.6 is 0 Å². The van der Waals surface area contributed by atoms with Crippen molar-refractivity contribution in [3.63, 3.8) is 0 Å². The highest BCUT2D eigenvalue weighted by atomic mass is 32.2. The van der Waals surface area contributed by atoms with Gasteiger partial charge in [0.05, 0.1) is 21.8 Å². The summed E-state index contributed by atoms with van der Waals surface area (Å²) in [6, 6.07) is 29.5. The minimum atomic E-state index is -3.74. The predicted octanol–water partition coefficient (Wildman–Crippen LogP) is 5.04. The Morgan fingerprint density at radius 3 is 2.08 bits per heavy atom. The Morgan fingerprint density at radius 1 is 0.763 bits per heavy atom. The number of amides is 2. The van der Waals surface area contributed by atoms with E-state index in [0.29, 0.717) is 35.5 Å². The summed E-state index contributed by atoms with van der Waals surface area (Å²) in [7, 11) is -2.27. The fourth-order valence-electron chi connectivity index (χ4n) is 3.87. The van der Waals surface area contributed by atoms with Crippen LogP contribution in [0.5, 0.6) is 0 Å². The van der Waals surface area contributed by atoms with Crippen molar-refractivity contribution in [3.05, 3.63) is 125 Å². The van der Waals surface area contributed by atoms with E-state index >= 15 is 0 Å². The van der Waals surface area contributed by atoms with Crippen LogP contribution in [0.2, 0.25) is 0 Å². The van der Waals surface area contributed by atoms with Crippen LogP contribution in [-0.4, -0.2) is 33.8 Å². The first kappa shape index (κ1) is 26.6. The molecule has 4 aromatic carbocycles. The van der Waals surface area contributed by atoms with Crippen LogP contribution in [0, 0.1) is 6.92 Å². The molecular weight excluding hydrogens is 498 g/mol.